The number of amides is 2. The van der Waals surface area contributed by atoms with Gasteiger partial charge in [0.1, 0.15) is 5.82 Å². The number of ether oxygens (including phenoxy) is 1. The van der Waals surface area contributed by atoms with Gasteiger partial charge in [-0.25, -0.2) is 4.98 Å². The molecule has 1 atom stereocenters. The molecular weight excluding hydrogens is 404 g/mol. The number of carbonyl (C=O) groups is 2. The van der Waals surface area contributed by atoms with Crippen LogP contribution in [-0.4, -0.2) is 67.6 Å². The van der Waals surface area contributed by atoms with Crippen molar-refractivity contribution >= 4 is 17.6 Å². The monoisotopic (exact) mass is 438 g/mol. The quantitative estimate of drug-likeness (QED) is 0.577. The Hall–Kier alpha value is -2.93. The van der Waals surface area contributed by atoms with Gasteiger partial charge in [-0.15, -0.1) is 0 Å². The largest absolute Gasteiger partial charge is 0.382 e. The number of hydrogen-bond acceptors (Lipinski definition) is 5. The molecule has 1 unspecified atom stereocenters. The van der Waals surface area contributed by atoms with E-state index in [9.17, 15) is 9.59 Å². The maximum absolute atomic E-state index is 13.1. The molecule has 0 saturated carbocycles. The minimum Gasteiger partial charge on any atom is -0.382 e. The maximum Gasteiger partial charge on any atom is 0.252 e. The number of rotatable bonds is 10. The second-order valence-electron chi connectivity index (χ2n) is 7.90. The topological polar surface area (TPSA) is 74.8 Å². The fraction of sp³-hybridized carbons (Fsp3) is 0.480. The minimum atomic E-state index is -0.123. The first-order valence-corrected chi connectivity index (χ1v) is 11.5. The van der Waals surface area contributed by atoms with Gasteiger partial charge in [-0.3, -0.25) is 9.59 Å². The summed E-state index contributed by atoms with van der Waals surface area (Å²) in [6.07, 6.45) is 3.20. The number of carbonyl (C=O) groups excluding carboxylic acids is 2. The fourth-order valence-corrected chi connectivity index (χ4v) is 3.94. The maximum atomic E-state index is 13.1. The summed E-state index contributed by atoms with van der Waals surface area (Å²) in [7, 11) is 0. The second kappa shape index (κ2) is 12.2. The number of pyridine rings is 1. The Balaban J connectivity index is 1.49. The van der Waals surface area contributed by atoms with E-state index in [0.29, 0.717) is 38.4 Å². The lowest BCUT2D eigenvalue weighted by atomic mass is 9.95. The average Bonchev–Trinajstić information content (AvgIpc) is 2.85. The van der Waals surface area contributed by atoms with Crippen molar-refractivity contribution in [3.05, 3.63) is 59.8 Å². The van der Waals surface area contributed by atoms with Crippen LogP contribution in [0.25, 0.3) is 0 Å². The molecule has 0 spiro atoms. The lowest BCUT2D eigenvalue weighted by molar-refractivity contribution is -0.133. The Bertz CT molecular complexity index is 849. The van der Waals surface area contributed by atoms with E-state index in [-0.39, 0.29) is 17.7 Å². The van der Waals surface area contributed by atoms with E-state index in [2.05, 4.69) is 22.1 Å². The molecule has 172 valence electrons. The predicted molar refractivity (Wildman–Crippen MR) is 126 cm³/mol. The van der Waals surface area contributed by atoms with Crippen molar-refractivity contribution in [2.45, 2.75) is 32.6 Å². The van der Waals surface area contributed by atoms with Crippen LogP contribution in [0.5, 0.6) is 0 Å². The molecule has 2 heterocycles. The van der Waals surface area contributed by atoms with Crippen LogP contribution >= 0.6 is 0 Å². The highest BCUT2D eigenvalue weighted by Crippen LogP contribution is 2.23. The molecule has 7 nitrogen and oxygen atoms in total. The summed E-state index contributed by atoms with van der Waals surface area (Å²) in [5.74, 6) is 0.817. The molecule has 3 rings (SSSR count). The molecule has 1 aromatic carbocycles. The summed E-state index contributed by atoms with van der Waals surface area (Å²) < 4.78 is 5.27. The number of aromatic nitrogens is 1. The SMILES string of the molecule is CCOCCCNC(=O)c1ccc(N2CCN(C(=O)C(CC)c3ccccc3)CC2)nc1. The molecule has 7 heteroatoms. The van der Waals surface area contributed by atoms with Crippen molar-refractivity contribution in [3.8, 4) is 0 Å². The van der Waals surface area contributed by atoms with Crippen LogP contribution in [0.15, 0.2) is 48.7 Å². The van der Waals surface area contributed by atoms with Crippen LogP contribution in [0.2, 0.25) is 0 Å². The number of nitrogens with zero attached hydrogens (tertiary/aromatic N) is 3. The zero-order valence-electron chi connectivity index (χ0n) is 19.1. The normalized spacial score (nSPS) is 14.8. The standard InChI is InChI=1S/C25H34N4O3/c1-3-22(20-9-6-5-7-10-20)25(31)29-16-14-28(15-17-29)23-12-11-21(19-27-23)24(30)26-13-8-18-32-4-2/h5-7,9-12,19,22H,3-4,8,13-18H2,1-2H3,(H,26,30). The molecular formula is C25H34N4O3. The molecule has 2 amide bonds. The third kappa shape index (κ3) is 6.29. The predicted octanol–water partition coefficient (Wildman–Crippen LogP) is 3.08. The molecule has 0 aliphatic carbocycles. The van der Waals surface area contributed by atoms with Crippen LogP contribution in [-0.2, 0) is 9.53 Å². The van der Waals surface area contributed by atoms with Crippen molar-refractivity contribution < 1.29 is 14.3 Å². The first kappa shape index (κ1) is 23.7. The van der Waals surface area contributed by atoms with E-state index < -0.39 is 0 Å². The summed E-state index contributed by atoms with van der Waals surface area (Å²) in [6.45, 7) is 8.74. The molecule has 0 bridgehead atoms. The number of piperazine rings is 1. The van der Waals surface area contributed by atoms with Crippen molar-refractivity contribution in [1.82, 2.24) is 15.2 Å². The first-order chi connectivity index (χ1) is 15.6. The number of nitrogens with one attached hydrogen (secondary N) is 1. The van der Waals surface area contributed by atoms with Crippen molar-refractivity contribution in [1.29, 1.82) is 0 Å². The van der Waals surface area contributed by atoms with Gasteiger partial charge in [-0.1, -0.05) is 37.3 Å². The smallest absolute Gasteiger partial charge is 0.252 e. The summed E-state index contributed by atoms with van der Waals surface area (Å²) in [6, 6.07) is 13.7. The third-order valence-electron chi connectivity index (χ3n) is 5.79. The highest BCUT2D eigenvalue weighted by molar-refractivity contribution is 5.94. The van der Waals surface area contributed by atoms with E-state index >= 15 is 0 Å². The highest BCUT2D eigenvalue weighted by Gasteiger charge is 2.27. The Kier molecular flexibility index (Phi) is 9.04. The van der Waals surface area contributed by atoms with E-state index in [1.54, 1.807) is 12.3 Å². The van der Waals surface area contributed by atoms with E-state index in [4.69, 9.17) is 4.74 Å². The van der Waals surface area contributed by atoms with Gasteiger partial charge in [0.2, 0.25) is 5.91 Å². The van der Waals surface area contributed by atoms with Gasteiger partial charge in [0.05, 0.1) is 11.5 Å². The Morgan fingerprint density at radius 3 is 2.44 bits per heavy atom. The van der Waals surface area contributed by atoms with E-state index in [1.807, 2.05) is 48.2 Å². The molecule has 1 fully saturated rings. The van der Waals surface area contributed by atoms with Crippen molar-refractivity contribution in [2.75, 3.05) is 50.8 Å². The van der Waals surface area contributed by atoms with Gasteiger partial charge < -0.3 is 19.9 Å². The zero-order chi connectivity index (χ0) is 22.8. The van der Waals surface area contributed by atoms with E-state index in [1.165, 1.54) is 0 Å². The first-order valence-electron chi connectivity index (χ1n) is 11.5. The minimum absolute atomic E-state index is 0.0906. The van der Waals surface area contributed by atoms with Crippen molar-refractivity contribution in [3.63, 3.8) is 0 Å². The van der Waals surface area contributed by atoms with Crippen LogP contribution in [0.3, 0.4) is 0 Å². The van der Waals surface area contributed by atoms with Gasteiger partial charge in [0.15, 0.2) is 0 Å². The zero-order valence-corrected chi connectivity index (χ0v) is 19.1. The highest BCUT2D eigenvalue weighted by atomic mass is 16.5. The summed E-state index contributed by atoms with van der Waals surface area (Å²) in [4.78, 5) is 33.9. The molecule has 1 N–H and O–H groups in total. The molecule has 1 saturated heterocycles. The molecule has 1 aliphatic heterocycles. The van der Waals surface area contributed by atoms with Crippen molar-refractivity contribution in [2.24, 2.45) is 0 Å². The van der Waals surface area contributed by atoms with Gasteiger partial charge in [-0.2, -0.15) is 0 Å². The molecule has 1 aromatic heterocycles. The fourth-order valence-electron chi connectivity index (χ4n) is 3.94. The van der Waals surface area contributed by atoms with Crippen LogP contribution in [0, 0.1) is 0 Å². The lowest BCUT2D eigenvalue weighted by Crippen LogP contribution is -2.50. The van der Waals surface area contributed by atoms with Gasteiger partial charge in [-0.05, 0) is 37.5 Å². The van der Waals surface area contributed by atoms with Crippen LogP contribution in [0.1, 0.15) is 48.5 Å². The number of anilines is 1. The lowest BCUT2D eigenvalue weighted by Gasteiger charge is -2.37. The van der Waals surface area contributed by atoms with Gasteiger partial charge in [0.25, 0.3) is 5.91 Å². The number of hydrogen-bond donors (Lipinski definition) is 1. The Labute approximate surface area is 190 Å². The molecule has 2 aromatic rings. The van der Waals surface area contributed by atoms with E-state index in [0.717, 1.165) is 37.3 Å². The molecule has 1 aliphatic rings. The summed E-state index contributed by atoms with van der Waals surface area (Å²) in [5.41, 5.74) is 1.63. The molecule has 0 radical (unpaired) electrons. The third-order valence-corrected chi connectivity index (χ3v) is 5.79. The summed E-state index contributed by atoms with van der Waals surface area (Å²) in [5, 5.41) is 2.89. The Morgan fingerprint density at radius 2 is 1.81 bits per heavy atom. The average molecular weight is 439 g/mol. The van der Waals surface area contributed by atoms with Gasteiger partial charge in [0, 0.05) is 52.1 Å². The van der Waals surface area contributed by atoms with Gasteiger partial charge >= 0.3 is 0 Å². The second-order valence-corrected chi connectivity index (χ2v) is 7.90. The summed E-state index contributed by atoms with van der Waals surface area (Å²) >= 11 is 0. The van der Waals surface area contributed by atoms with Crippen LogP contribution < -0.4 is 10.2 Å². The number of benzene rings is 1. The Morgan fingerprint density at radius 1 is 1.06 bits per heavy atom. The molecule has 32 heavy (non-hydrogen) atoms. The van der Waals surface area contributed by atoms with Crippen LogP contribution in [0.4, 0.5) is 5.82 Å².